The number of oxime groups is 1. The van der Waals surface area contributed by atoms with Crippen molar-refractivity contribution in [2.75, 3.05) is 32.8 Å². The Morgan fingerprint density at radius 3 is 2.85 bits per heavy atom. The maximum atomic E-state index is 5.60. The van der Waals surface area contributed by atoms with Crippen LogP contribution < -0.4 is 9.64 Å². The number of quaternary nitrogens is 1. The minimum Gasteiger partial charge on any atom is -0.492 e. The third-order valence-corrected chi connectivity index (χ3v) is 3.74. The van der Waals surface area contributed by atoms with Crippen molar-refractivity contribution in [1.82, 2.24) is 0 Å². The van der Waals surface area contributed by atoms with Crippen molar-refractivity contribution in [3.05, 3.63) is 29.8 Å². The largest absolute Gasteiger partial charge is 0.492 e. The molecule has 1 aliphatic rings. The highest BCUT2D eigenvalue weighted by molar-refractivity contribution is 6.03. The molecule has 0 aliphatic carbocycles. The summed E-state index contributed by atoms with van der Waals surface area (Å²) in [7, 11) is 0. The summed E-state index contributed by atoms with van der Waals surface area (Å²) in [6, 6.07) is 8.01. The predicted molar refractivity (Wildman–Crippen MR) is 80.6 cm³/mol. The molecule has 4 heteroatoms. The molecule has 0 saturated heterocycles. The van der Waals surface area contributed by atoms with E-state index >= 15 is 0 Å². The monoisotopic (exact) mass is 277 g/mol. The number of fused-ring (bicyclic) bond motifs is 1. The zero-order valence-corrected chi connectivity index (χ0v) is 12.5. The van der Waals surface area contributed by atoms with Crippen molar-refractivity contribution in [2.24, 2.45) is 5.16 Å². The number of nitrogens with zero attached hydrogens (tertiary/aromatic N) is 1. The van der Waals surface area contributed by atoms with Gasteiger partial charge in [0.1, 0.15) is 12.4 Å². The molecule has 0 aromatic heterocycles. The van der Waals surface area contributed by atoms with E-state index in [0.29, 0.717) is 13.2 Å². The van der Waals surface area contributed by atoms with Gasteiger partial charge in [-0.25, -0.2) is 0 Å². The van der Waals surface area contributed by atoms with Crippen LogP contribution in [0.4, 0.5) is 0 Å². The molecule has 1 heterocycles. The number of benzene rings is 1. The molecule has 20 heavy (non-hydrogen) atoms. The van der Waals surface area contributed by atoms with Crippen LogP contribution in [0, 0.1) is 0 Å². The third-order valence-electron chi connectivity index (χ3n) is 3.74. The van der Waals surface area contributed by atoms with Gasteiger partial charge in [0.15, 0.2) is 0 Å². The van der Waals surface area contributed by atoms with E-state index in [1.54, 1.807) is 4.90 Å². The maximum absolute atomic E-state index is 5.60. The second-order valence-corrected chi connectivity index (χ2v) is 5.03. The van der Waals surface area contributed by atoms with Gasteiger partial charge in [0.2, 0.25) is 0 Å². The highest BCUT2D eigenvalue weighted by atomic mass is 16.6. The van der Waals surface area contributed by atoms with E-state index in [1.165, 1.54) is 13.1 Å². The molecule has 1 aliphatic heterocycles. The van der Waals surface area contributed by atoms with Crippen LogP contribution in [0.3, 0.4) is 0 Å². The number of hydrogen-bond acceptors (Lipinski definition) is 3. The average Bonchev–Trinajstić information content (AvgIpc) is 2.51. The Balaban J connectivity index is 1.81. The summed E-state index contributed by atoms with van der Waals surface area (Å²) >= 11 is 0. The van der Waals surface area contributed by atoms with Gasteiger partial charge in [-0.3, -0.25) is 0 Å². The zero-order valence-electron chi connectivity index (χ0n) is 12.5. The molecular formula is C16H25N2O2+. The Kier molecular flexibility index (Phi) is 5.87. The van der Waals surface area contributed by atoms with E-state index in [2.05, 4.69) is 19.0 Å². The molecule has 4 nitrogen and oxygen atoms in total. The van der Waals surface area contributed by atoms with Crippen molar-refractivity contribution >= 4 is 5.71 Å². The molecular weight excluding hydrogens is 252 g/mol. The topological polar surface area (TPSA) is 35.3 Å². The average molecular weight is 277 g/mol. The van der Waals surface area contributed by atoms with Gasteiger partial charge in [-0.15, -0.1) is 0 Å². The van der Waals surface area contributed by atoms with Crippen LogP contribution in [-0.4, -0.2) is 38.6 Å². The first-order valence-electron chi connectivity index (χ1n) is 7.59. The summed E-state index contributed by atoms with van der Waals surface area (Å²) in [5.41, 5.74) is 2.06. The van der Waals surface area contributed by atoms with E-state index in [9.17, 15) is 0 Å². The van der Waals surface area contributed by atoms with Crippen LogP contribution >= 0.6 is 0 Å². The molecule has 110 valence electrons. The molecule has 0 fully saturated rings. The smallest absolute Gasteiger partial charge is 0.128 e. The summed E-state index contributed by atoms with van der Waals surface area (Å²) in [6.07, 6.45) is 1.87. The molecule has 0 spiro atoms. The Labute approximate surface area is 121 Å². The maximum Gasteiger partial charge on any atom is 0.128 e. The van der Waals surface area contributed by atoms with Crippen LogP contribution in [0.25, 0.3) is 0 Å². The van der Waals surface area contributed by atoms with Crippen molar-refractivity contribution in [3.63, 3.8) is 0 Å². The fourth-order valence-electron chi connectivity index (χ4n) is 2.43. The normalized spacial score (nSPS) is 16.1. The van der Waals surface area contributed by atoms with E-state index in [-0.39, 0.29) is 0 Å². The van der Waals surface area contributed by atoms with Gasteiger partial charge in [0.05, 0.1) is 32.0 Å². The number of hydrogen-bond donors (Lipinski definition) is 1. The third kappa shape index (κ3) is 3.97. The fraction of sp³-hybridized carbons (Fsp3) is 0.562. The number of para-hydroxylation sites is 1. The van der Waals surface area contributed by atoms with E-state index < -0.39 is 0 Å². The summed E-state index contributed by atoms with van der Waals surface area (Å²) in [5.74, 6) is 0.911. The number of rotatable bonds is 7. The lowest BCUT2D eigenvalue weighted by atomic mass is 10.0. The molecule has 0 radical (unpaired) electrons. The quantitative estimate of drug-likeness (QED) is 0.605. The molecule has 1 aromatic rings. The van der Waals surface area contributed by atoms with Gasteiger partial charge in [0, 0.05) is 18.4 Å². The van der Waals surface area contributed by atoms with Gasteiger partial charge in [0.25, 0.3) is 0 Å². The van der Waals surface area contributed by atoms with Gasteiger partial charge >= 0.3 is 0 Å². The van der Waals surface area contributed by atoms with Crippen LogP contribution in [0.1, 0.15) is 32.3 Å². The standard InChI is InChI=1S/C16H24N2O2/c1-3-18(4-2)11-7-12-20-17-15-10-13-19-16-9-6-5-8-14(15)16/h5-6,8-9H,3-4,7,10-13H2,1-2H3/p+1. The lowest BCUT2D eigenvalue weighted by Crippen LogP contribution is -3.11. The van der Waals surface area contributed by atoms with Crippen LogP contribution in [0.15, 0.2) is 29.4 Å². The Morgan fingerprint density at radius 1 is 1.25 bits per heavy atom. The predicted octanol–water partition coefficient (Wildman–Crippen LogP) is 1.50. The summed E-state index contributed by atoms with van der Waals surface area (Å²) in [6.45, 7) is 9.32. The molecule has 0 amide bonds. The Morgan fingerprint density at radius 2 is 2.05 bits per heavy atom. The van der Waals surface area contributed by atoms with Crippen LogP contribution in [-0.2, 0) is 4.84 Å². The Bertz CT molecular complexity index is 442. The van der Waals surface area contributed by atoms with E-state index in [0.717, 1.165) is 36.4 Å². The summed E-state index contributed by atoms with van der Waals surface area (Å²) in [4.78, 5) is 7.10. The SMILES string of the molecule is CC[NH+](CC)CCCON=C1CCOc2ccccc21. The molecule has 0 saturated carbocycles. The summed E-state index contributed by atoms with van der Waals surface area (Å²) in [5, 5.41) is 4.30. The van der Waals surface area contributed by atoms with Crippen LogP contribution in [0.2, 0.25) is 0 Å². The number of nitrogens with one attached hydrogen (secondary N) is 1. The molecule has 0 atom stereocenters. The zero-order chi connectivity index (χ0) is 14.2. The first kappa shape index (κ1) is 14.9. The summed E-state index contributed by atoms with van der Waals surface area (Å²) < 4.78 is 5.60. The van der Waals surface area contributed by atoms with Gasteiger partial charge < -0.3 is 14.5 Å². The molecule has 2 rings (SSSR count). The minimum atomic E-state index is 0.683. The molecule has 1 aromatic carbocycles. The van der Waals surface area contributed by atoms with Crippen LogP contribution in [0.5, 0.6) is 5.75 Å². The lowest BCUT2D eigenvalue weighted by Gasteiger charge is -2.18. The molecule has 1 N–H and O–H groups in total. The first-order chi connectivity index (χ1) is 9.85. The fourth-order valence-corrected chi connectivity index (χ4v) is 2.43. The van der Waals surface area contributed by atoms with E-state index in [1.807, 2.05) is 24.3 Å². The van der Waals surface area contributed by atoms with Gasteiger partial charge in [-0.1, -0.05) is 17.3 Å². The Hall–Kier alpha value is -1.55. The van der Waals surface area contributed by atoms with Gasteiger partial charge in [-0.2, -0.15) is 0 Å². The second-order valence-electron chi connectivity index (χ2n) is 5.03. The highest BCUT2D eigenvalue weighted by Crippen LogP contribution is 2.24. The minimum absolute atomic E-state index is 0.683. The highest BCUT2D eigenvalue weighted by Gasteiger charge is 2.16. The van der Waals surface area contributed by atoms with Crippen molar-refractivity contribution in [3.8, 4) is 5.75 Å². The molecule has 0 unspecified atom stereocenters. The van der Waals surface area contributed by atoms with Crippen molar-refractivity contribution in [1.29, 1.82) is 0 Å². The lowest BCUT2D eigenvalue weighted by molar-refractivity contribution is -0.896. The van der Waals surface area contributed by atoms with E-state index in [4.69, 9.17) is 9.57 Å². The second kappa shape index (κ2) is 7.90. The first-order valence-corrected chi connectivity index (χ1v) is 7.59. The molecule has 0 bridgehead atoms. The van der Waals surface area contributed by atoms with Crippen molar-refractivity contribution in [2.45, 2.75) is 26.7 Å². The number of ether oxygens (including phenoxy) is 1. The van der Waals surface area contributed by atoms with Crippen molar-refractivity contribution < 1.29 is 14.5 Å². The van der Waals surface area contributed by atoms with Gasteiger partial charge in [-0.05, 0) is 26.0 Å².